The lowest BCUT2D eigenvalue weighted by atomic mass is 9.33. The minimum absolute atomic E-state index is 0.0373. The molecule has 5 aliphatic carbocycles. The molecule has 0 N–H and O–H groups in total. The largest absolute Gasteiger partial charge is 0.465 e. The molecule has 4 fully saturated rings. The van der Waals surface area contributed by atoms with Gasteiger partial charge in [0.15, 0.2) is 5.78 Å². The molecule has 0 aromatic carbocycles. The third-order valence-electron chi connectivity index (χ3n) is 14.5. The maximum atomic E-state index is 14.6. The summed E-state index contributed by atoms with van der Waals surface area (Å²) in [6, 6.07) is 0. The maximum absolute atomic E-state index is 14.6. The van der Waals surface area contributed by atoms with Crippen LogP contribution in [0.25, 0.3) is 0 Å². The third kappa shape index (κ3) is 4.56. The van der Waals surface area contributed by atoms with E-state index in [4.69, 9.17) is 9.47 Å². The molecule has 236 valence electrons. The number of carbonyl (C=O) groups excluding carboxylic acids is 3. The van der Waals surface area contributed by atoms with Crippen LogP contribution in [0.3, 0.4) is 0 Å². The van der Waals surface area contributed by atoms with E-state index >= 15 is 0 Å². The van der Waals surface area contributed by atoms with Crippen molar-refractivity contribution >= 4 is 18.2 Å². The highest BCUT2D eigenvalue weighted by molar-refractivity contribution is 5.95. The third-order valence-corrected chi connectivity index (χ3v) is 14.5. The molecule has 0 unspecified atom stereocenters. The van der Waals surface area contributed by atoms with E-state index in [1.807, 2.05) is 0 Å². The summed E-state index contributed by atoms with van der Waals surface area (Å²) in [4.78, 5) is 39.4. The van der Waals surface area contributed by atoms with Gasteiger partial charge in [-0.15, -0.1) is 0 Å². The van der Waals surface area contributed by atoms with Gasteiger partial charge in [-0.2, -0.15) is 0 Å². The first-order chi connectivity index (χ1) is 19.6. The van der Waals surface area contributed by atoms with Crippen LogP contribution in [-0.4, -0.2) is 30.9 Å². The highest BCUT2D eigenvalue weighted by atomic mass is 16.5. The minimum Gasteiger partial charge on any atom is -0.465 e. The summed E-state index contributed by atoms with van der Waals surface area (Å²) < 4.78 is 11.5. The average Bonchev–Trinajstić information content (AvgIpc) is 2.92. The van der Waals surface area contributed by atoms with Crippen LogP contribution in [0.15, 0.2) is 11.6 Å². The summed E-state index contributed by atoms with van der Waals surface area (Å²) in [5.41, 5.74) is 0.428. The van der Waals surface area contributed by atoms with E-state index in [-0.39, 0.29) is 51.0 Å². The molecule has 0 aliphatic heterocycles. The molecule has 0 bridgehead atoms. The van der Waals surface area contributed by atoms with Gasteiger partial charge in [0, 0.05) is 11.3 Å². The number of hydrogen-bond donors (Lipinski definition) is 0. The lowest BCUT2D eigenvalue weighted by Gasteiger charge is -2.70. The Bertz CT molecular complexity index is 1120. The van der Waals surface area contributed by atoms with Gasteiger partial charge in [0.1, 0.15) is 6.10 Å². The van der Waals surface area contributed by atoms with Gasteiger partial charge >= 0.3 is 5.97 Å². The number of ketones is 1. The molecule has 5 nitrogen and oxygen atoms in total. The van der Waals surface area contributed by atoms with Crippen LogP contribution in [0.2, 0.25) is 0 Å². The number of ether oxygens (including phenoxy) is 2. The molecule has 0 aromatic rings. The Morgan fingerprint density at radius 2 is 1.64 bits per heavy atom. The van der Waals surface area contributed by atoms with E-state index in [0.29, 0.717) is 24.8 Å². The Balaban J connectivity index is 1.46. The molecule has 4 saturated carbocycles. The van der Waals surface area contributed by atoms with Crippen LogP contribution in [0.5, 0.6) is 0 Å². The monoisotopic (exact) mass is 582 g/mol. The van der Waals surface area contributed by atoms with Crippen LogP contribution in [-0.2, 0) is 23.9 Å². The van der Waals surface area contributed by atoms with Crippen molar-refractivity contribution in [1.29, 1.82) is 0 Å². The van der Waals surface area contributed by atoms with E-state index in [1.54, 1.807) is 0 Å². The predicted molar refractivity (Wildman–Crippen MR) is 165 cm³/mol. The van der Waals surface area contributed by atoms with Crippen molar-refractivity contribution in [3.8, 4) is 0 Å². The maximum Gasteiger partial charge on any atom is 0.311 e. The number of allylic oxidation sites excluding steroid dienone is 2. The number of esters is 1. The predicted octanol–water partition coefficient (Wildman–Crippen LogP) is 8.63. The lowest BCUT2D eigenvalue weighted by molar-refractivity contribution is -0.207. The number of hydrogen-bond acceptors (Lipinski definition) is 5. The summed E-state index contributed by atoms with van der Waals surface area (Å²) in [7, 11) is 0. The standard InChI is InChI=1S/C37H58O5/c1-9-10-11-12-21-41-31(40)34(5)18-17-33(4)19-20-36(7)25(26(33)23-34)22-27(39)30-35(6)15-14-29(42-24-38)32(2,3)28(35)13-16-37(30,36)8/h22,24,26,28-30H,9-21,23H2,1-8H3/t26-,28+,29+,30-,33-,34+,35+,36-,37-/m1/s1. The van der Waals surface area contributed by atoms with Crippen molar-refractivity contribution in [2.24, 2.45) is 50.2 Å². The zero-order valence-electron chi connectivity index (χ0n) is 27.9. The minimum atomic E-state index is -0.501. The second-order valence-corrected chi connectivity index (χ2v) is 17.0. The van der Waals surface area contributed by atoms with Crippen molar-refractivity contribution in [3.63, 3.8) is 0 Å². The highest BCUT2D eigenvalue weighted by Crippen LogP contribution is 2.75. The zero-order valence-corrected chi connectivity index (χ0v) is 27.9. The second kappa shape index (κ2) is 10.8. The number of fused-ring (bicyclic) bond motifs is 7. The highest BCUT2D eigenvalue weighted by Gasteiger charge is 2.70. The van der Waals surface area contributed by atoms with E-state index in [1.165, 1.54) is 18.4 Å². The van der Waals surface area contributed by atoms with Crippen LogP contribution in [0, 0.1) is 50.2 Å². The first-order valence-electron chi connectivity index (χ1n) is 17.2. The van der Waals surface area contributed by atoms with Gasteiger partial charge in [-0.25, -0.2) is 0 Å². The molecule has 5 rings (SSSR count). The van der Waals surface area contributed by atoms with Crippen molar-refractivity contribution in [2.75, 3.05) is 6.61 Å². The normalized spacial score (nSPS) is 45.8. The van der Waals surface area contributed by atoms with Gasteiger partial charge < -0.3 is 9.47 Å². The van der Waals surface area contributed by atoms with Crippen molar-refractivity contribution in [2.45, 2.75) is 145 Å². The molecule has 0 saturated heterocycles. The molecule has 42 heavy (non-hydrogen) atoms. The molecule has 9 atom stereocenters. The Morgan fingerprint density at radius 1 is 0.929 bits per heavy atom. The van der Waals surface area contributed by atoms with Gasteiger partial charge in [0.25, 0.3) is 6.47 Å². The molecular formula is C37H58O5. The molecule has 5 aliphatic rings. The fraction of sp³-hybridized carbons (Fsp3) is 0.865. The summed E-state index contributed by atoms with van der Waals surface area (Å²) in [6.07, 6.45) is 15.1. The smallest absolute Gasteiger partial charge is 0.311 e. The van der Waals surface area contributed by atoms with Crippen LogP contribution in [0.4, 0.5) is 0 Å². The molecule has 0 heterocycles. The van der Waals surface area contributed by atoms with Crippen LogP contribution >= 0.6 is 0 Å². The molecule has 0 amide bonds. The van der Waals surface area contributed by atoms with Gasteiger partial charge in [-0.3, -0.25) is 14.4 Å². The Morgan fingerprint density at radius 3 is 2.33 bits per heavy atom. The number of carbonyl (C=O) groups is 3. The van der Waals surface area contributed by atoms with Crippen molar-refractivity contribution in [3.05, 3.63) is 11.6 Å². The van der Waals surface area contributed by atoms with Crippen LogP contribution < -0.4 is 0 Å². The summed E-state index contributed by atoms with van der Waals surface area (Å²) >= 11 is 0. The van der Waals surface area contributed by atoms with Gasteiger partial charge in [0.2, 0.25) is 0 Å². The fourth-order valence-electron chi connectivity index (χ4n) is 11.5. The quantitative estimate of drug-likeness (QED) is 0.163. The Labute approximate surface area is 255 Å². The van der Waals surface area contributed by atoms with E-state index in [0.717, 1.165) is 70.6 Å². The Kier molecular flexibility index (Phi) is 8.14. The SMILES string of the molecule is CCCCCCOC(=O)[C@@]1(C)CC[C@]2(C)CC[C@]3(C)C(=CC(=O)[C@@H]4[C@@]5(C)CC[C@H](OC=O)C(C)(C)[C@@H]5CC[C@]43C)[C@H]2C1. The first-order valence-corrected chi connectivity index (χ1v) is 17.2. The molecule has 5 heteroatoms. The van der Waals surface area contributed by atoms with E-state index in [2.05, 4.69) is 61.5 Å². The second-order valence-electron chi connectivity index (χ2n) is 17.0. The summed E-state index contributed by atoms with van der Waals surface area (Å²) in [5, 5.41) is 0. The van der Waals surface area contributed by atoms with Gasteiger partial charge in [0.05, 0.1) is 12.0 Å². The van der Waals surface area contributed by atoms with E-state index in [9.17, 15) is 14.4 Å². The number of unbranched alkanes of at least 4 members (excludes halogenated alkanes) is 3. The zero-order chi connectivity index (χ0) is 30.8. The topological polar surface area (TPSA) is 69.7 Å². The van der Waals surface area contributed by atoms with Crippen molar-refractivity contribution in [1.82, 2.24) is 0 Å². The molecule has 0 aromatic heterocycles. The average molecular weight is 583 g/mol. The van der Waals surface area contributed by atoms with E-state index < -0.39 is 5.41 Å². The number of rotatable bonds is 8. The Hall–Kier alpha value is -1.65. The lowest BCUT2D eigenvalue weighted by Crippen LogP contribution is -2.66. The van der Waals surface area contributed by atoms with Crippen molar-refractivity contribution < 1.29 is 23.9 Å². The molecular weight excluding hydrogens is 524 g/mol. The molecule has 0 spiro atoms. The van der Waals surface area contributed by atoms with Gasteiger partial charge in [-0.1, -0.05) is 73.3 Å². The van der Waals surface area contributed by atoms with Gasteiger partial charge in [-0.05, 0) is 111 Å². The summed E-state index contributed by atoms with van der Waals surface area (Å²) in [6.45, 7) is 19.6. The molecule has 0 radical (unpaired) electrons. The summed E-state index contributed by atoms with van der Waals surface area (Å²) in [5.74, 6) is 0.773. The fourth-order valence-corrected chi connectivity index (χ4v) is 11.5. The first kappa shape index (κ1) is 31.8. The van der Waals surface area contributed by atoms with Crippen LogP contribution in [0.1, 0.15) is 139 Å².